The molecule has 0 bridgehead atoms. The minimum Gasteiger partial charge on any atom is -0.435 e. The zero-order valence-corrected chi connectivity index (χ0v) is 15.7. The fraction of sp³-hybridized carbons (Fsp3) is 0.350. The second kappa shape index (κ2) is 7.53. The molecule has 0 fully saturated rings. The quantitative estimate of drug-likeness (QED) is 0.707. The van der Waals surface area contributed by atoms with Gasteiger partial charge in [0, 0.05) is 5.69 Å². The van der Waals surface area contributed by atoms with Crippen LogP contribution in [-0.2, 0) is 6.42 Å². The van der Waals surface area contributed by atoms with Gasteiger partial charge in [-0.25, -0.2) is 9.67 Å². The first-order chi connectivity index (χ1) is 13.5. The Labute approximate surface area is 161 Å². The number of fused-ring (bicyclic) bond motifs is 1. The SMILES string of the molecule is Cc1cc(C)n(-c2cncc(NC3CCCc4cc(OC(F)F)ccc43)n2)n1. The van der Waals surface area contributed by atoms with E-state index in [1.165, 1.54) is 0 Å². The molecule has 3 aromatic rings. The number of nitrogens with one attached hydrogen (secondary N) is 1. The van der Waals surface area contributed by atoms with Gasteiger partial charge in [0.2, 0.25) is 0 Å². The number of rotatable bonds is 5. The lowest BCUT2D eigenvalue weighted by Crippen LogP contribution is -2.19. The van der Waals surface area contributed by atoms with E-state index in [-0.39, 0.29) is 11.8 Å². The molecule has 0 saturated heterocycles. The van der Waals surface area contributed by atoms with Crippen LogP contribution in [-0.4, -0.2) is 26.4 Å². The van der Waals surface area contributed by atoms with Gasteiger partial charge in [-0.3, -0.25) is 4.98 Å². The third-order valence-corrected chi connectivity index (χ3v) is 4.82. The number of hydrogen-bond donors (Lipinski definition) is 1. The summed E-state index contributed by atoms with van der Waals surface area (Å²) in [6, 6.07) is 7.16. The first kappa shape index (κ1) is 18.3. The number of anilines is 1. The topological polar surface area (TPSA) is 64.9 Å². The molecule has 4 rings (SSSR count). The highest BCUT2D eigenvalue weighted by Gasteiger charge is 2.22. The summed E-state index contributed by atoms with van der Waals surface area (Å²) in [5.74, 6) is 1.49. The summed E-state index contributed by atoms with van der Waals surface area (Å²) < 4.78 is 31.2. The highest BCUT2D eigenvalue weighted by molar-refractivity contribution is 5.45. The number of nitrogens with zero attached hydrogens (tertiary/aromatic N) is 4. The average molecular weight is 385 g/mol. The third kappa shape index (κ3) is 3.81. The maximum atomic E-state index is 12.5. The molecule has 8 heteroatoms. The molecule has 0 aliphatic heterocycles. The smallest absolute Gasteiger partial charge is 0.387 e. The Hall–Kier alpha value is -3.03. The van der Waals surface area contributed by atoms with Crippen LogP contribution in [0.2, 0.25) is 0 Å². The van der Waals surface area contributed by atoms with E-state index in [2.05, 4.69) is 25.1 Å². The fourth-order valence-corrected chi connectivity index (χ4v) is 3.68. The summed E-state index contributed by atoms with van der Waals surface area (Å²) in [5.41, 5.74) is 4.00. The van der Waals surface area contributed by atoms with Crippen LogP contribution < -0.4 is 10.1 Å². The molecule has 0 spiro atoms. The number of hydrogen-bond acceptors (Lipinski definition) is 5. The van der Waals surface area contributed by atoms with Gasteiger partial charge in [0.1, 0.15) is 11.6 Å². The minimum atomic E-state index is -2.82. The number of aryl methyl sites for hydroxylation is 3. The van der Waals surface area contributed by atoms with Crippen LogP contribution in [0.4, 0.5) is 14.6 Å². The predicted molar refractivity (Wildman–Crippen MR) is 101 cm³/mol. The van der Waals surface area contributed by atoms with Gasteiger partial charge >= 0.3 is 6.61 Å². The lowest BCUT2D eigenvalue weighted by atomic mass is 9.87. The molecule has 2 aromatic heterocycles. The minimum absolute atomic E-state index is 0.0364. The Bertz CT molecular complexity index is 988. The first-order valence-corrected chi connectivity index (χ1v) is 9.19. The van der Waals surface area contributed by atoms with Crippen LogP contribution >= 0.6 is 0 Å². The molecule has 6 nitrogen and oxygen atoms in total. The van der Waals surface area contributed by atoms with Crippen molar-refractivity contribution in [2.75, 3.05) is 5.32 Å². The average Bonchev–Trinajstić information content (AvgIpc) is 3.00. The second-order valence-corrected chi connectivity index (χ2v) is 6.93. The van der Waals surface area contributed by atoms with Gasteiger partial charge < -0.3 is 10.1 Å². The van der Waals surface area contributed by atoms with Crippen LogP contribution in [0, 0.1) is 13.8 Å². The van der Waals surface area contributed by atoms with Crippen LogP contribution in [0.3, 0.4) is 0 Å². The van der Waals surface area contributed by atoms with Crippen molar-refractivity contribution in [3.8, 4) is 11.6 Å². The number of aromatic nitrogens is 4. The van der Waals surface area contributed by atoms with Gasteiger partial charge in [-0.2, -0.15) is 13.9 Å². The van der Waals surface area contributed by atoms with Crippen LogP contribution in [0.5, 0.6) is 5.75 Å². The van der Waals surface area contributed by atoms with Crippen molar-refractivity contribution in [1.82, 2.24) is 19.7 Å². The van der Waals surface area contributed by atoms with E-state index >= 15 is 0 Å². The highest BCUT2D eigenvalue weighted by atomic mass is 19.3. The number of alkyl halides is 2. The van der Waals surface area contributed by atoms with E-state index < -0.39 is 6.61 Å². The summed E-state index contributed by atoms with van der Waals surface area (Å²) in [7, 11) is 0. The Morgan fingerprint density at radius 2 is 2.07 bits per heavy atom. The van der Waals surface area contributed by atoms with Gasteiger partial charge in [-0.05, 0) is 62.4 Å². The standard InChI is InChI=1S/C20H21F2N5O/c1-12-8-13(2)27(26-12)19-11-23-10-18(25-19)24-17-5-3-4-14-9-15(28-20(21)22)6-7-16(14)17/h6-11,17,20H,3-5H2,1-2H3,(H,24,25). The van der Waals surface area contributed by atoms with E-state index in [0.29, 0.717) is 11.6 Å². The van der Waals surface area contributed by atoms with E-state index in [0.717, 1.165) is 41.8 Å². The number of ether oxygens (including phenoxy) is 1. The number of benzene rings is 1. The molecule has 1 aromatic carbocycles. The Kier molecular flexibility index (Phi) is 4.93. The lowest BCUT2D eigenvalue weighted by molar-refractivity contribution is -0.0499. The van der Waals surface area contributed by atoms with Crippen molar-refractivity contribution in [2.45, 2.75) is 45.8 Å². The molecule has 0 radical (unpaired) electrons. The van der Waals surface area contributed by atoms with Crippen molar-refractivity contribution in [3.63, 3.8) is 0 Å². The summed E-state index contributed by atoms with van der Waals surface area (Å²) in [4.78, 5) is 8.93. The monoisotopic (exact) mass is 385 g/mol. The summed E-state index contributed by atoms with van der Waals surface area (Å²) >= 11 is 0. The molecule has 1 aliphatic rings. The third-order valence-electron chi connectivity index (χ3n) is 4.82. The molecular formula is C20H21F2N5O. The zero-order chi connectivity index (χ0) is 19.7. The fourth-order valence-electron chi connectivity index (χ4n) is 3.68. The molecule has 1 unspecified atom stereocenters. The van der Waals surface area contributed by atoms with Crippen molar-refractivity contribution in [3.05, 3.63) is 59.2 Å². The van der Waals surface area contributed by atoms with Gasteiger partial charge in [-0.15, -0.1) is 0 Å². The Morgan fingerprint density at radius 3 is 2.82 bits per heavy atom. The molecule has 1 aliphatic carbocycles. The zero-order valence-electron chi connectivity index (χ0n) is 15.7. The molecule has 28 heavy (non-hydrogen) atoms. The van der Waals surface area contributed by atoms with Crippen LogP contribution in [0.15, 0.2) is 36.7 Å². The Balaban J connectivity index is 1.57. The summed E-state index contributed by atoms with van der Waals surface area (Å²) in [6.07, 6.45) is 6.07. The molecule has 146 valence electrons. The lowest BCUT2D eigenvalue weighted by Gasteiger charge is -2.27. The van der Waals surface area contributed by atoms with Gasteiger partial charge in [-0.1, -0.05) is 6.07 Å². The molecule has 0 amide bonds. The predicted octanol–water partition coefficient (Wildman–Crippen LogP) is 4.37. The van der Waals surface area contributed by atoms with Crippen molar-refractivity contribution in [2.24, 2.45) is 0 Å². The normalized spacial score (nSPS) is 16.1. The van der Waals surface area contributed by atoms with E-state index in [4.69, 9.17) is 0 Å². The van der Waals surface area contributed by atoms with Crippen LogP contribution in [0.1, 0.15) is 41.4 Å². The maximum absolute atomic E-state index is 12.5. The molecule has 2 heterocycles. The van der Waals surface area contributed by atoms with Crippen molar-refractivity contribution < 1.29 is 13.5 Å². The van der Waals surface area contributed by atoms with Crippen LogP contribution in [0.25, 0.3) is 5.82 Å². The molecular weight excluding hydrogens is 364 g/mol. The van der Waals surface area contributed by atoms with Crippen molar-refractivity contribution >= 4 is 5.82 Å². The highest BCUT2D eigenvalue weighted by Crippen LogP contribution is 2.34. The largest absolute Gasteiger partial charge is 0.435 e. The summed E-state index contributed by atoms with van der Waals surface area (Å²) in [5, 5.41) is 7.88. The second-order valence-electron chi connectivity index (χ2n) is 6.93. The van der Waals surface area contributed by atoms with Crippen molar-refractivity contribution in [1.29, 1.82) is 0 Å². The Morgan fingerprint density at radius 1 is 1.21 bits per heavy atom. The maximum Gasteiger partial charge on any atom is 0.387 e. The van der Waals surface area contributed by atoms with E-state index in [1.54, 1.807) is 29.2 Å². The van der Waals surface area contributed by atoms with E-state index in [1.807, 2.05) is 26.0 Å². The molecule has 1 N–H and O–H groups in total. The molecule has 0 saturated carbocycles. The first-order valence-electron chi connectivity index (χ1n) is 9.19. The van der Waals surface area contributed by atoms with Gasteiger partial charge in [0.25, 0.3) is 0 Å². The summed E-state index contributed by atoms with van der Waals surface area (Å²) in [6.45, 7) is 1.09. The van der Waals surface area contributed by atoms with Gasteiger partial charge in [0.05, 0.1) is 24.1 Å². The van der Waals surface area contributed by atoms with E-state index in [9.17, 15) is 8.78 Å². The van der Waals surface area contributed by atoms with Gasteiger partial charge in [0.15, 0.2) is 5.82 Å². The molecule has 1 atom stereocenters. The number of halogens is 2.